The maximum absolute atomic E-state index is 15.3. The van der Waals surface area contributed by atoms with Crippen LogP contribution in [0.5, 0.6) is 11.5 Å². The second kappa shape index (κ2) is 12.4. The molecule has 0 aromatic heterocycles. The average molecular weight is 587 g/mol. The number of carbonyl (C=O) groups excluding carboxylic acids is 3. The van der Waals surface area contributed by atoms with Crippen LogP contribution in [0.3, 0.4) is 0 Å². The fraction of sp³-hybridized carbons (Fsp3) is 0.364. The monoisotopic (exact) mass is 586 g/mol. The zero-order valence-corrected chi connectivity index (χ0v) is 24.2. The first-order valence-electron chi connectivity index (χ1n) is 14.8. The second-order valence-corrected chi connectivity index (χ2v) is 11.1. The van der Waals surface area contributed by atoms with Gasteiger partial charge in [-0.3, -0.25) is 24.6 Å². The van der Waals surface area contributed by atoms with Gasteiger partial charge in [0.25, 0.3) is 5.91 Å². The van der Waals surface area contributed by atoms with Gasteiger partial charge in [-0.15, -0.1) is 0 Å². The molecule has 3 heterocycles. The lowest BCUT2D eigenvalue weighted by molar-refractivity contribution is -0.136. The van der Waals surface area contributed by atoms with Gasteiger partial charge in [-0.2, -0.15) is 0 Å². The highest BCUT2D eigenvalue weighted by molar-refractivity contribution is 6.05. The van der Waals surface area contributed by atoms with E-state index in [2.05, 4.69) is 16.3 Å². The van der Waals surface area contributed by atoms with Crippen LogP contribution in [0.4, 0.5) is 10.1 Å². The number of nitrogens with zero attached hydrogens (tertiary/aromatic N) is 3. The first kappa shape index (κ1) is 28.7. The third kappa shape index (κ3) is 6.19. The Kier molecular flexibility index (Phi) is 8.29. The zero-order chi connectivity index (χ0) is 29.9. The average Bonchev–Trinajstić information content (AvgIpc) is 3.32. The summed E-state index contributed by atoms with van der Waals surface area (Å²) < 4.78 is 27.2. The maximum atomic E-state index is 15.3. The van der Waals surface area contributed by atoms with Gasteiger partial charge in [-0.1, -0.05) is 36.4 Å². The standard InChI is InChI=1S/C33H35FN4O5/c1-2-42-30-16-23(8-10-29(30)43-21-22-6-4-3-5-7-22)19-36-12-14-37(15-13-36)28-17-24-20-38(33(41)25(24)18-26(28)34)27-9-11-31(39)35-32(27)40/h3-8,10,16-18,27H,2,9,11-15,19-21H2,1H3,(H,35,39,40). The van der Waals surface area contributed by atoms with Crippen molar-refractivity contribution in [3.8, 4) is 11.5 Å². The van der Waals surface area contributed by atoms with Crippen molar-refractivity contribution in [1.29, 1.82) is 0 Å². The highest BCUT2D eigenvalue weighted by atomic mass is 19.1. The molecule has 224 valence electrons. The van der Waals surface area contributed by atoms with Gasteiger partial charge in [0.15, 0.2) is 11.5 Å². The zero-order valence-electron chi connectivity index (χ0n) is 24.2. The van der Waals surface area contributed by atoms with E-state index in [0.29, 0.717) is 43.3 Å². The lowest BCUT2D eigenvalue weighted by atomic mass is 10.0. The van der Waals surface area contributed by atoms with Crippen molar-refractivity contribution < 1.29 is 28.2 Å². The number of amides is 3. The third-order valence-corrected chi connectivity index (χ3v) is 8.26. The largest absolute Gasteiger partial charge is 0.490 e. The Morgan fingerprint density at radius 3 is 2.44 bits per heavy atom. The van der Waals surface area contributed by atoms with E-state index < -0.39 is 17.8 Å². The molecule has 9 nitrogen and oxygen atoms in total. The first-order chi connectivity index (χ1) is 20.9. The first-order valence-corrected chi connectivity index (χ1v) is 14.8. The molecule has 3 aliphatic heterocycles. The van der Waals surface area contributed by atoms with Crippen molar-refractivity contribution in [2.45, 2.75) is 45.5 Å². The van der Waals surface area contributed by atoms with Gasteiger partial charge in [0.1, 0.15) is 18.5 Å². The summed E-state index contributed by atoms with van der Waals surface area (Å²) in [5, 5.41) is 2.30. The third-order valence-electron chi connectivity index (χ3n) is 8.26. The summed E-state index contributed by atoms with van der Waals surface area (Å²) in [6.45, 7) is 6.66. The maximum Gasteiger partial charge on any atom is 0.255 e. The SMILES string of the molecule is CCOc1cc(CN2CCN(c3cc4c(cc3F)C(=O)N(C3CCC(=O)NC3=O)C4)CC2)ccc1OCc1ccccc1. The number of benzene rings is 3. The number of carbonyl (C=O) groups is 3. The van der Waals surface area contributed by atoms with Crippen LogP contribution in [0.2, 0.25) is 0 Å². The summed E-state index contributed by atoms with van der Waals surface area (Å²) in [5.74, 6) is -0.202. The normalized spacial score (nSPS) is 18.9. The van der Waals surface area contributed by atoms with Gasteiger partial charge in [0, 0.05) is 51.3 Å². The topological polar surface area (TPSA) is 91.4 Å². The van der Waals surface area contributed by atoms with Gasteiger partial charge in [-0.05, 0) is 54.3 Å². The second-order valence-electron chi connectivity index (χ2n) is 11.1. The van der Waals surface area contributed by atoms with E-state index in [1.807, 2.05) is 54.3 Å². The van der Waals surface area contributed by atoms with Crippen LogP contribution in [0.25, 0.3) is 0 Å². The molecule has 2 fully saturated rings. The Hall–Kier alpha value is -4.44. The number of anilines is 1. The fourth-order valence-corrected chi connectivity index (χ4v) is 6.00. The molecule has 0 bridgehead atoms. The highest BCUT2D eigenvalue weighted by Crippen LogP contribution is 2.34. The molecule has 1 atom stereocenters. The van der Waals surface area contributed by atoms with E-state index in [4.69, 9.17) is 9.47 Å². The number of piperazine rings is 1. The van der Waals surface area contributed by atoms with E-state index in [-0.39, 0.29) is 36.8 Å². The number of fused-ring (bicyclic) bond motifs is 1. The molecule has 1 unspecified atom stereocenters. The van der Waals surface area contributed by atoms with Gasteiger partial charge in [0.05, 0.1) is 12.3 Å². The minimum absolute atomic E-state index is 0.180. The predicted octanol–water partition coefficient (Wildman–Crippen LogP) is 3.89. The van der Waals surface area contributed by atoms with E-state index in [9.17, 15) is 14.4 Å². The Balaban J connectivity index is 1.07. The summed E-state index contributed by atoms with van der Waals surface area (Å²) in [6.07, 6.45) is 0.455. The van der Waals surface area contributed by atoms with E-state index >= 15 is 4.39 Å². The molecule has 0 aliphatic carbocycles. The Morgan fingerprint density at radius 2 is 1.70 bits per heavy atom. The number of hydrogen-bond acceptors (Lipinski definition) is 7. The number of imide groups is 1. The fourth-order valence-electron chi connectivity index (χ4n) is 6.00. The predicted molar refractivity (Wildman–Crippen MR) is 158 cm³/mol. The lowest BCUT2D eigenvalue weighted by Crippen LogP contribution is -2.52. The molecule has 3 amide bonds. The van der Waals surface area contributed by atoms with Crippen LogP contribution in [0.1, 0.15) is 46.8 Å². The van der Waals surface area contributed by atoms with E-state index in [1.165, 1.54) is 11.0 Å². The van der Waals surface area contributed by atoms with Crippen molar-refractivity contribution in [3.05, 3.63) is 88.7 Å². The van der Waals surface area contributed by atoms with Crippen LogP contribution in [-0.4, -0.2) is 66.3 Å². The highest BCUT2D eigenvalue weighted by Gasteiger charge is 2.40. The molecule has 2 saturated heterocycles. The lowest BCUT2D eigenvalue weighted by Gasteiger charge is -2.36. The number of ether oxygens (including phenoxy) is 2. The molecule has 1 N–H and O–H groups in total. The molecule has 0 spiro atoms. The molecule has 3 aliphatic rings. The van der Waals surface area contributed by atoms with Crippen LogP contribution in [-0.2, 0) is 29.3 Å². The van der Waals surface area contributed by atoms with Crippen LogP contribution in [0.15, 0.2) is 60.7 Å². The molecule has 0 radical (unpaired) electrons. The molecule has 10 heteroatoms. The summed E-state index contributed by atoms with van der Waals surface area (Å²) in [7, 11) is 0. The number of nitrogens with one attached hydrogen (secondary N) is 1. The molecule has 43 heavy (non-hydrogen) atoms. The van der Waals surface area contributed by atoms with Crippen molar-refractivity contribution in [2.75, 3.05) is 37.7 Å². The minimum Gasteiger partial charge on any atom is -0.490 e. The number of rotatable bonds is 9. The smallest absolute Gasteiger partial charge is 0.255 e. The summed E-state index contributed by atoms with van der Waals surface area (Å²) in [5.41, 5.74) is 3.65. The van der Waals surface area contributed by atoms with Gasteiger partial charge in [0.2, 0.25) is 11.8 Å². The summed E-state index contributed by atoms with van der Waals surface area (Å²) in [6, 6.07) is 18.4. The van der Waals surface area contributed by atoms with Gasteiger partial charge >= 0.3 is 0 Å². The molecule has 3 aromatic carbocycles. The van der Waals surface area contributed by atoms with E-state index in [1.54, 1.807) is 6.07 Å². The van der Waals surface area contributed by atoms with Crippen molar-refractivity contribution >= 4 is 23.4 Å². The molecular formula is C33H35FN4O5. The van der Waals surface area contributed by atoms with Crippen LogP contribution < -0.4 is 19.7 Å². The Morgan fingerprint density at radius 1 is 0.907 bits per heavy atom. The number of halogens is 1. The molecule has 3 aromatic rings. The van der Waals surface area contributed by atoms with E-state index in [0.717, 1.165) is 36.5 Å². The van der Waals surface area contributed by atoms with Crippen molar-refractivity contribution in [2.24, 2.45) is 0 Å². The molecule has 6 rings (SSSR count). The van der Waals surface area contributed by atoms with Crippen molar-refractivity contribution in [3.63, 3.8) is 0 Å². The number of hydrogen-bond donors (Lipinski definition) is 1. The minimum atomic E-state index is -0.722. The number of piperidine rings is 1. The summed E-state index contributed by atoms with van der Waals surface area (Å²) in [4.78, 5) is 42.7. The molecular weight excluding hydrogens is 551 g/mol. The van der Waals surface area contributed by atoms with Crippen LogP contribution in [0, 0.1) is 5.82 Å². The van der Waals surface area contributed by atoms with Gasteiger partial charge in [-0.25, -0.2) is 4.39 Å². The Bertz CT molecular complexity index is 1520. The van der Waals surface area contributed by atoms with Crippen LogP contribution >= 0.6 is 0 Å². The molecule has 0 saturated carbocycles. The Labute approximate surface area is 250 Å². The van der Waals surface area contributed by atoms with Crippen molar-refractivity contribution in [1.82, 2.24) is 15.1 Å². The summed E-state index contributed by atoms with van der Waals surface area (Å²) >= 11 is 0. The quantitative estimate of drug-likeness (QED) is 0.381. The van der Waals surface area contributed by atoms with Gasteiger partial charge < -0.3 is 19.3 Å².